The van der Waals surface area contributed by atoms with Crippen LogP contribution in [0, 0.1) is 6.92 Å². The van der Waals surface area contributed by atoms with E-state index in [2.05, 4.69) is 10.4 Å². The number of aromatic nitrogens is 2. The number of methoxy groups -OCH3 is 1. The maximum absolute atomic E-state index is 13.2. The van der Waals surface area contributed by atoms with Gasteiger partial charge in [0.1, 0.15) is 18.0 Å². The van der Waals surface area contributed by atoms with Crippen LogP contribution in [0.5, 0.6) is 5.88 Å². The number of nitrogens with two attached hydrogens (primary N) is 1. The van der Waals surface area contributed by atoms with Crippen molar-refractivity contribution in [2.45, 2.75) is 25.8 Å². The molecular weight excluding hydrogens is 408 g/mol. The van der Waals surface area contributed by atoms with Crippen LogP contribution in [0.25, 0.3) is 5.69 Å². The Hall–Kier alpha value is -3.65. The van der Waals surface area contributed by atoms with Crippen molar-refractivity contribution in [1.29, 1.82) is 0 Å². The summed E-state index contributed by atoms with van der Waals surface area (Å²) in [7, 11) is 1.56. The third-order valence-electron chi connectivity index (χ3n) is 5.29. The Morgan fingerprint density at radius 3 is 2.56 bits per heavy atom. The molecule has 1 fully saturated rings. The molecular formula is C24H26N4O4. The van der Waals surface area contributed by atoms with Crippen LogP contribution in [0.15, 0.2) is 48.5 Å². The minimum absolute atomic E-state index is 0.126. The number of benzene rings is 2. The molecule has 0 unspecified atom stereocenters. The number of nitrogen functional groups attached to an aromatic ring is 1. The van der Waals surface area contributed by atoms with Crippen molar-refractivity contribution in [1.82, 2.24) is 15.1 Å². The van der Waals surface area contributed by atoms with E-state index >= 15 is 0 Å². The standard InChI is InChI=1S/C24H26N4O4/c1-15-8-9-17(23(30)26-18-10-11-18)14-19(15)28-22(25)20(24(27-28)32-13-12-31-2)21(29)16-6-4-3-5-7-16/h3-9,14,18H,10-13,25H2,1-2H3,(H,26,30). The van der Waals surface area contributed by atoms with Crippen molar-refractivity contribution < 1.29 is 19.1 Å². The van der Waals surface area contributed by atoms with Crippen LogP contribution in [0.1, 0.15) is 44.7 Å². The second kappa shape index (κ2) is 9.23. The Morgan fingerprint density at radius 1 is 1.12 bits per heavy atom. The zero-order valence-corrected chi connectivity index (χ0v) is 18.1. The zero-order valence-electron chi connectivity index (χ0n) is 18.1. The SMILES string of the molecule is COCCOc1nn(-c2cc(C(=O)NC3CC3)ccc2C)c(N)c1C(=O)c1ccccc1. The average molecular weight is 434 g/mol. The molecule has 3 aromatic rings. The van der Waals surface area contributed by atoms with Gasteiger partial charge in [-0.25, -0.2) is 4.68 Å². The quantitative estimate of drug-likeness (QED) is 0.396. The summed E-state index contributed by atoms with van der Waals surface area (Å²) < 4.78 is 12.3. The third kappa shape index (κ3) is 4.50. The van der Waals surface area contributed by atoms with Gasteiger partial charge in [-0.3, -0.25) is 9.59 Å². The van der Waals surface area contributed by atoms with Crippen LogP contribution in [-0.4, -0.2) is 47.8 Å². The van der Waals surface area contributed by atoms with Gasteiger partial charge in [0.25, 0.3) is 5.91 Å². The molecule has 3 N–H and O–H groups in total. The van der Waals surface area contributed by atoms with Crippen molar-refractivity contribution in [3.05, 3.63) is 70.8 Å². The first-order valence-electron chi connectivity index (χ1n) is 10.5. The first-order valence-corrected chi connectivity index (χ1v) is 10.5. The van der Waals surface area contributed by atoms with Gasteiger partial charge in [-0.1, -0.05) is 36.4 Å². The normalized spacial score (nSPS) is 13.1. The lowest BCUT2D eigenvalue weighted by Crippen LogP contribution is -2.25. The second-order valence-corrected chi connectivity index (χ2v) is 7.76. The average Bonchev–Trinajstić information content (AvgIpc) is 3.56. The van der Waals surface area contributed by atoms with Crippen LogP contribution in [0.2, 0.25) is 0 Å². The lowest BCUT2D eigenvalue weighted by atomic mass is 10.1. The van der Waals surface area contributed by atoms with Gasteiger partial charge >= 0.3 is 0 Å². The minimum atomic E-state index is -0.290. The van der Waals surface area contributed by atoms with Gasteiger partial charge < -0.3 is 20.5 Å². The van der Waals surface area contributed by atoms with E-state index in [1.165, 1.54) is 4.68 Å². The van der Waals surface area contributed by atoms with Gasteiger partial charge in [0.2, 0.25) is 11.7 Å². The number of rotatable bonds is 9. The highest BCUT2D eigenvalue weighted by Gasteiger charge is 2.27. The van der Waals surface area contributed by atoms with Crippen LogP contribution < -0.4 is 15.8 Å². The van der Waals surface area contributed by atoms with Crippen LogP contribution in [0.4, 0.5) is 5.82 Å². The van der Waals surface area contributed by atoms with Gasteiger partial charge in [0, 0.05) is 24.3 Å². The molecule has 1 aliphatic carbocycles. The van der Waals surface area contributed by atoms with E-state index in [1.54, 1.807) is 43.5 Å². The molecule has 1 aliphatic rings. The number of hydrogen-bond acceptors (Lipinski definition) is 6. The number of aryl methyl sites for hydroxylation is 1. The van der Waals surface area contributed by atoms with E-state index in [-0.39, 0.29) is 41.6 Å². The summed E-state index contributed by atoms with van der Waals surface area (Å²) in [6.45, 7) is 2.44. The molecule has 1 amide bonds. The van der Waals surface area contributed by atoms with Crippen molar-refractivity contribution in [3.63, 3.8) is 0 Å². The summed E-state index contributed by atoms with van der Waals surface area (Å²) in [6, 6.07) is 14.4. The summed E-state index contributed by atoms with van der Waals surface area (Å²) in [6.07, 6.45) is 2.01. The Kier molecular flexibility index (Phi) is 6.23. The fourth-order valence-electron chi connectivity index (χ4n) is 3.34. The smallest absolute Gasteiger partial charge is 0.251 e. The van der Waals surface area contributed by atoms with Crippen molar-refractivity contribution >= 4 is 17.5 Å². The Balaban J connectivity index is 1.75. The highest BCUT2D eigenvalue weighted by molar-refractivity contribution is 6.13. The van der Waals surface area contributed by atoms with Gasteiger partial charge in [-0.2, -0.15) is 0 Å². The molecule has 0 spiro atoms. The molecule has 2 aromatic carbocycles. The predicted octanol–water partition coefficient (Wildman–Crippen LogP) is 2.91. The molecule has 0 radical (unpaired) electrons. The first kappa shape index (κ1) is 21.6. The molecule has 166 valence electrons. The lowest BCUT2D eigenvalue weighted by Gasteiger charge is -2.11. The number of anilines is 1. The fraction of sp³-hybridized carbons (Fsp3) is 0.292. The number of hydrogen-bond donors (Lipinski definition) is 2. The highest BCUT2D eigenvalue weighted by Crippen LogP contribution is 2.31. The zero-order chi connectivity index (χ0) is 22.7. The Bertz CT molecular complexity index is 1140. The summed E-state index contributed by atoms with van der Waals surface area (Å²) in [4.78, 5) is 25.8. The largest absolute Gasteiger partial charge is 0.474 e. The Labute approximate surface area is 186 Å². The summed E-state index contributed by atoms with van der Waals surface area (Å²) in [5.41, 5.74) is 9.05. The number of carbonyl (C=O) groups excluding carboxylic acids is 2. The van der Waals surface area contributed by atoms with Crippen molar-refractivity contribution in [2.24, 2.45) is 0 Å². The van der Waals surface area contributed by atoms with E-state index in [0.29, 0.717) is 23.4 Å². The van der Waals surface area contributed by atoms with Gasteiger partial charge in [0.05, 0.1) is 12.3 Å². The first-order chi connectivity index (χ1) is 15.5. The van der Waals surface area contributed by atoms with Crippen LogP contribution in [-0.2, 0) is 4.74 Å². The molecule has 1 heterocycles. The number of nitrogens with zero attached hydrogens (tertiary/aromatic N) is 2. The second-order valence-electron chi connectivity index (χ2n) is 7.76. The van der Waals surface area contributed by atoms with E-state index in [4.69, 9.17) is 15.2 Å². The molecule has 32 heavy (non-hydrogen) atoms. The molecule has 0 atom stereocenters. The van der Waals surface area contributed by atoms with Gasteiger partial charge in [-0.05, 0) is 37.5 Å². The van der Waals surface area contributed by atoms with E-state index in [9.17, 15) is 9.59 Å². The summed E-state index contributed by atoms with van der Waals surface area (Å²) in [5.74, 6) is -0.159. The van der Waals surface area contributed by atoms with E-state index < -0.39 is 0 Å². The molecule has 0 saturated heterocycles. The maximum atomic E-state index is 13.2. The van der Waals surface area contributed by atoms with Gasteiger partial charge in [0.15, 0.2) is 0 Å². The van der Waals surface area contributed by atoms with Crippen LogP contribution >= 0.6 is 0 Å². The Morgan fingerprint density at radius 2 is 1.88 bits per heavy atom. The topological polar surface area (TPSA) is 108 Å². The molecule has 0 bridgehead atoms. The molecule has 0 aliphatic heterocycles. The molecule has 1 saturated carbocycles. The van der Waals surface area contributed by atoms with E-state index in [1.807, 2.05) is 19.1 Å². The van der Waals surface area contributed by atoms with Crippen molar-refractivity contribution in [3.8, 4) is 11.6 Å². The highest BCUT2D eigenvalue weighted by atomic mass is 16.5. The molecule has 1 aromatic heterocycles. The third-order valence-corrected chi connectivity index (χ3v) is 5.29. The number of amides is 1. The number of ether oxygens (including phenoxy) is 2. The number of carbonyl (C=O) groups is 2. The summed E-state index contributed by atoms with van der Waals surface area (Å²) >= 11 is 0. The predicted molar refractivity (Wildman–Crippen MR) is 120 cm³/mol. The maximum Gasteiger partial charge on any atom is 0.251 e. The van der Waals surface area contributed by atoms with E-state index in [0.717, 1.165) is 18.4 Å². The molecule has 4 rings (SSSR count). The molecule has 8 heteroatoms. The number of nitrogens with one attached hydrogen (secondary N) is 1. The number of ketones is 1. The monoisotopic (exact) mass is 434 g/mol. The van der Waals surface area contributed by atoms with Gasteiger partial charge in [-0.15, -0.1) is 5.10 Å². The van der Waals surface area contributed by atoms with Crippen molar-refractivity contribution in [2.75, 3.05) is 26.1 Å². The molecule has 8 nitrogen and oxygen atoms in total. The fourth-order valence-corrected chi connectivity index (χ4v) is 3.34. The minimum Gasteiger partial charge on any atom is -0.474 e. The lowest BCUT2D eigenvalue weighted by molar-refractivity contribution is 0.0950. The van der Waals surface area contributed by atoms with Crippen LogP contribution in [0.3, 0.4) is 0 Å². The summed E-state index contributed by atoms with van der Waals surface area (Å²) in [5, 5.41) is 7.48.